The summed E-state index contributed by atoms with van der Waals surface area (Å²) >= 11 is 4.96. The number of nitrogens with one attached hydrogen (secondary N) is 3. The summed E-state index contributed by atoms with van der Waals surface area (Å²) in [5, 5.41) is 6.73. The molecule has 1 heterocycles. The first-order chi connectivity index (χ1) is 7.33. The van der Waals surface area contributed by atoms with Crippen molar-refractivity contribution in [3.05, 3.63) is 18.2 Å². The quantitative estimate of drug-likeness (QED) is 0.504. The van der Waals surface area contributed by atoms with E-state index in [0.717, 1.165) is 30.3 Å². The molecule has 1 rings (SSSR count). The van der Waals surface area contributed by atoms with Crippen LogP contribution in [0.5, 0.6) is 0 Å². The lowest BCUT2D eigenvalue weighted by Crippen LogP contribution is -2.32. The van der Waals surface area contributed by atoms with Crippen LogP contribution in [-0.2, 0) is 6.42 Å². The Morgan fingerprint density at radius 1 is 1.47 bits per heavy atom. The van der Waals surface area contributed by atoms with Gasteiger partial charge in [-0.05, 0) is 25.1 Å². The highest BCUT2D eigenvalue weighted by atomic mass is 32.1. The van der Waals surface area contributed by atoms with Crippen molar-refractivity contribution in [3.8, 4) is 0 Å². The highest BCUT2D eigenvalue weighted by molar-refractivity contribution is 7.80. The maximum absolute atomic E-state index is 4.96. The average molecular weight is 226 g/mol. The number of H-pyrrole nitrogens is 1. The molecule has 0 aliphatic carbocycles. The third kappa shape index (κ3) is 5.37. The van der Waals surface area contributed by atoms with Gasteiger partial charge in [0.2, 0.25) is 0 Å². The number of rotatable bonds is 6. The first-order valence-corrected chi connectivity index (χ1v) is 5.67. The lowest BCUT2D eigenvalue weighted by molar-refractivity contribution is 0.652. The number of unbranched alkanes of at least 4 members (excludes halogenated alkanes) is 2. The van der Waals surface area contributed by atoms with E-state index < -0.39 is 0 Å². The predicted molar refractivity (Wildman–Crippen MR) is 65.8 cm³/mol. The Labute approximate surface area is 95.9 Å². The summed E-state index contributed by atoms with van der Waals surface area (Å²) in [6.07, 6.45) is 8.19. The molecule has 0 aliphatic rings. The van der Waals surface area contributed by atoms with E-state index >= 15 is 0 Å². The summed E-state index contributed by atoms with van der Waals surface area (Å²) in [6.45, 7) is 0.942. The first kappa shape index (κ1) is 12.0. The second kappa shape index (κ2) is 7.23. The molecule has 0 amide bonds. The molecule has 0 radical (unpaired) electrons. The zero-order valence-corrected chi connectivity index (χ0v) is 9.86. The third-order valence-electron chi connectivity index (χ3n) is 2.16. The van der Waals surface area contributed by atoms with Gasteiger partial charge >= 0.3 is 0 Å². The maximum atomic E-state index is 4.96. The molecule has 0 aromatic carbocycles. The molecule has 0 saturated carbocycles. The fraction of sp³-hybridized carbons (Fsp3) is 0.600. The Balaban J connectivity index is 1.91. The van der Waals surface area contributed by atoms with Gasteiger partial charge < -0.3 is 15.6 Å². The van der Waals surface area contributed by atoms with Gasteiger partial charge in [0, 0.05) is 32.4 Å². The summed E-state index contributed by atoms with van der Waals surface area (Å²) in [6, 6.07) is 0. The van der Waals surface area contributed by atoms with Crippen LogP contribution in [0, 0.1) is 0 Å². The van der Waals surface area contributed by atoms with Crippen LogP contribution in [-0.4, -0.2) is 28.7 Å². The largest absolute Gasteiger partial charge is 0.366 e. The molecule has 0 unspecified atom stereocenters. The summed E-state index contributed by atoms with van der Waals surface area (Å²) in [5.41, 5.74) is 0. The summed E-state index contributed by atoms with van der Waals surface area (Å²) in [4.78, 5) is 7.27. The molecule has 0 bridgehead atoms. The summed E-state index contributed by atoms with van der Waals surface area (Å²) < 4.78 is 0. The van der Waals surface area contributed by atoms with Gasteiger partial charge in [-0.3, -0.25) is 0 Å². The Morgan fingerprint density at radius 2 is 2.33 bits per heavy atom. The lowest BCUT2D eigenvalue weighted by Gasteiger charge is -2.05. The zero-order chi connectivity index (χ0) is 10.9. The van der Waals surface area contributed by atoms with E-state index in [1.807, 2.05) is 13.2 Å². The fourth-order valence-corrected chi connectivity index (χ4v) is 1.42. The standard InChI is InChI=1S/C10H18N4S/c1-11-10(15)14-6-4-2-3-5-9-12-7-8-13-9/h7-8H,2-6H2,1H3,(H,12,13)(H2,11,14,15). The lowest BCUT2D eigenvalue weighted by atomic mass is 10.2. The van der Waals surface area contributed by atoms with E-state index in [4.69, 9.17) is 12.2 Å². The predicted octanol–water partition coefficient (Wildman–Crippen LogP) is 1.22. The molecule has 5 heteroatoms. The molecule has 0 atom stereocenters. The molecule has 15 heavy (non-hydrogen) atoms. The second-order valence-electron chi connectivity index (χ2n) is 3.35. The molecule has 1 aromatic heterocycles. The van der Waals surface area contributed by atoms with Crippen molar-refractivity contribution in [2.45, 2.75) is 25.7 Å². The SMILES string of the molecule is CNC(=S)NCCCCCc1ncc[nH]1. The van der Waals surface area contributed by atoms with Crippen molar-refractivity contribution in [1.82, 2.24) is 20.6 Å². The molecule has 0 aliphatic heterocycles. The minimum absolute atomic E-state index is 0.723. The van der Waals surface area contributed by atoms with Gasteiger partial charge in [0.15, 0.2) is 5.11 Å². The number of aryl methyl sites for hydroxylation is 1. The number of aromatic nitrogens is 2. The number of hydrogen-bond acceptors (Lipinski definition) is 2. The topological polar surface area (TPSA) is 52.7 Å². The highest BCUT2D eigenvalue weighted by Gasteiger charge is 1.95. The van der Waals surface area contributed by atoms with E-state index in [-0.39, 0.29) is 0 Å². The minimum atomic E-state index is 0.723. The van der Waals surface area contributed by atoms with E-state index in [0.29, 0.717) is 0 Å². The van der Waals surface area contributed by atoms with Crippen molar-refractivity contribution < 1.29 is 0 Å². The zero-order valence-electron chi connectivity index (χ0n) is 9.05. The van der Waals surface area contributed by atoms with Gasteiger partial charge in [0.25, 0.3) is 0 Å². The molecular weight excluding hydrogens is 208 g/mol. The Hall–Kier alpha value is -1.10. The van der Waals surface area contributed by atoms with E-state index in [9.17, 15) is 0 Å². The van der Waals surface area contributed by atoms with Gasteiger partial charge in [-0.1, -0.05) is 6.42 Å². The first-order valence-electron chi connectivity index (χ1n) is 5.27. The molecule has 84 valence electrons. The molecule has 4 nitrogen and oxygen atoms in total. The van der Waals surface area contributed by atoms with Gasteiger partial charge in [-0.15, -0.1) is 0 Å². The molecular formula is C10H18N4S. The highest BCUT2D eigenvalue weighted by Crippen LogP contribution is 2.00. The van der Waals surface area contributed by atoms with Crippen LogP contribution in [0.1, 0.15) is 25.1 Å². The second-order valence-corrected chi connectivity index (χ2v) is 3.76. The third-order valence-corrected chi connectivity index (χ3v) is 2.51. The van der Waals surface area contributed by atoms with E-state index in [1.54, 1.807) is 6.20 Å². The molecule has 3 N–H and O–H groups in total. The number of thiocarbonyl (C=S) groups is 1. The normalized spacial score (nSPS) is 9.93. The van der Waals surface area contributed by atoms with E-state index in [2.05, 4.69) is 20.6 Å². The van der Waals surface area contributed by atoms with Crippen LogP contribution >= 0.6 is 12.2 Å². The summed E-state index contributed by atoms with van der Waals surface area (Å²) in [7, 11) is 1.83. The fourth-order valence-electron chi connectivity index (χ4n) is 1.32. The smallest absolute Gasteiger partial charge is 0.166 e. The van der Waals surface area contributed by atoms with Crippen LogP contribution in [0.2, 0.25) is 0 Å². The Morgan fingerprint density at radius 3 is 3.00 bits per heavy atom. The van der Waals surface area contributed by atoms with Crippen molar-refractivity contribution in [1.29, 1.82) is 0 Å². The van der Waals surface area contributed by atoms with Crippen molar-refractivity contribution in [3.63, 3.8) is 0 Å². The van der Waals surface area contributed by atoms with Crippen molar-refractivity contribution >= 4 is 17.3 Å². The Kier molecular flexibility index (Phi) is 5.77. The minimum Gasteiger partial charge on any atom is -0.366 e. The van der Waals surface area contributed by atoms with Gasteiger partial charge in [-0.2, -0.15) is 0 Å². The van der Waals surface area contributed by atoms with Crippen LogP contribution in [0.3, 0.4) is 0 Å². The van der Waals surface area contributed by atoms with E-state index in [1.165, 1.54) is 12.8 Å². The summed E-state index contributed by atoms with van der Waals surface area (Å²) in [5.74, 6) is 1.08. The number of imidazole rings is 1. The van der Waals surface area contributed by atoms with Crippen LogP contribution in [0.15, 0.2) is 12.4 Å². The van der Waals surface area contributed by atoms with Crippen LogP contribution in [0.25, 0.3) is 0 Å². The van der Waals surface area contributed by atoms with Gasteiger partial charge in [-0.25, -0.2) is 4.98 Å². The van der Waals surface area contributed by atoms with Crippen molar-refractivity contribution in [2.24, 2.45) is 0 Å². The van der Waals surface area contributed by atoms with Gasteiger partial charge in [0.1, 0.15) is 5.82 Å². The number of aromatic amines is 1. The monoisotopic (exact) mass is 226 g/mol. The molecule has 0 spiro atoms. The molecule has 1 aromatic rings. The average Bonchev–Trinajstić information content (AvgIpc) is 2.75. The number of nitrogens with zero attached hydrogens (tertiary/aromatic N) is 1. The van der Waals surface area contributed by atoms with Crippen LogP contribution in [0.4, 0.5) is 0 Å². The van der Waals surface area contributed by atoms with Gasteiger partial charge in [0.05, 0.1) is 0 Å². The maximum Gasteiger partial charge on any atom is 0.166 e. The number of hydrogen-bond donors (Lipinski definition) is 3. The van der Waals surface area contributed by atoms with Crippen LogP contribution < -0.4 is 10.6 Å². The Bertz CT molecular complexity index is 271. The molecule has 0 saturated heterocycles. The van der Waals surface area contributed by atoms with Crippen molar-refractivity contribution in [2.75, 3.05) is 13.6 Å². The molecule has 0 fully saturated rings.